The number of benzene rings is 1. The van der Waals surface area contributed by atoms with Crippen molar-refractivity contribution < 1.29 is 9.59 Å². The van der Waals surface area contributed by atoms with Gasteiger partial charge in [0, 0.05) is 5.54 Å². The molecule has 1 aromatic rings. The fraction of sp³-hybridized carbons (Fsp3) is 0.636. The molecule has 0 bridgehead atoms. The highest BCUT2D eigenvalue weighted by molar-refractivity contribution is 5.81. The van der Waals surface area contributed by atoms with Gasteiger partial charge in [-0.05, 0) is 57.7 Å². The first kappa shape index (κ1) is 23.2. The molecule has 0 radical (unpaired) electrons. The van der Waals surface area contributed by atoms with Crippen molar-refractivity contribution >= 4 is 11.8 Å². The highest BCUT2D eigenvalue weighted by atomic mass is 16.2. The van der Waals surface area contributed by atoms with Crippen molar-refractivity contribution in [1.82, 2.24) is 15.5 Å². The summed E-state index contributed by atoms with van der Waals surface area (Å²) in [4.78, 5) is 26.3. The molecular formula is C22H37N3O2. The fourth-order valence-corrected chi connectivity index (χ4v) is 2.93. The molecule has 0 aliphatic rings. The number of carbonyl (C=O) groups is 2. The molecular weight excluding hydrogens is 338 g/mol. The number of amides is 2. The average molecular weight is 376 g/mol. The van der Waals surface area contributed by atoms with Crippen molar-refractivity contribution in [3.63, 3.8) is 0 Å². The van der Waals surface area contributed by atoms with Gasteiger partial charge in [-0.1, -0.05) is 45.0 Å². The van der Waals surface area contributed by atoms with Crippen LogP contribution in [-0.2, 0) is 16.0 Å². The summed E-state index contributed by atoms with van der Waals surface area (Å²) < 4.78 is 0. The van der Waals surface area contributed by atoms with E-state index in [1.165, 1.54) is 5.56 Å². The van der Waals surface area contributed by atoms with E-state index in [1.54, 1.807) is 0 Å². The third kappa shape index (κ3) is 9.57. The highest BCUT2D eigenvalue weighted by Crippen LogP contribution is 2.15. The second-order valence-corrected chi connectivity index (χ2v) is 8.73. The summed E-state index contributed by atoms with van der Waals surface area (Å²) in [6.07, 6.45) is 1.06. The van der Waals surface area contributed by atoms with Crippen LogP contribution in [0.25, 0.3) is 0 Å². The van der Waals surface area contributed by atoms with E-state index < -0.39 is 0 Å². The maximum Gasteiger partial charge on any atom is 0.234 e. The lowest BCUT2D eigenvalue weighted by atomic mass is 10.00. The van der Waals surface area contributed by atoms with Gasteiger partial charge in [-0.15, -0.1) is 0 Å². The minimum Gasteiger partial charge on any atom is -0.350 e. The zero-order chi connectivity index (χ0) is 20.6. The first-order valence-corrected chi connectivity index (χ1v) is 9.91. The monoisotopic (exact) mass is 375 g/mol. The lowest BCUT2D eigenvalue weighted by molar-refractivity contribution is -0.126. The van der Waals surface area contributed by atoms with Crippen molar-refractivity contribution in [2.24, 2.45) is 5.92 Å². The molecule has 0 unspecified atom stereocenters. The van der Waals surface area contributed by atoms with Gasteiger partial charge in [-0.2, -0.15) is 0 Å². The van der Waals surface area contributed by atoms with Crippen LogP contribution in [0.4, 0.5) is 0 Å². The largest absolute Gasteiger partial charge is 0.350 e. The number of hydrogen-bond acceptors (Lipinski definition) is 3. The SMILES string of the molecule is CCN(CC(=O)N[C@@H](C)c1ccc(CC(C)C)cc1)CC(=O)NC(C)(C)C. The molecule has 0 aromatic heterocycles. The van der Waals surface area contributed by atoms with Crippen LogP contribution in [0.1, 0.15) is 65.6 Å². The number of hydrogen-bond donors (Lipinski definition) is 2. The average Bonchev–Trinajstić information content (AvgIpc) is 2.52. The van der Waals surface area contributed by atoms with E-state index in [9.17, 15) is 9.59 Å². The molecule has 27 heavy (non-hydrogen) atoms. The molecule has 0 aliphatic carbocycles. The summed E-state index contributed by atoms with van der Waals surface area (Å²) in [6.45, 7) is 15.3. The normalized spacial score (nSPS) is 12.9. The Labute approximate surface area is 164 Å². The molecule has 0 saturated heterocycles. The van der Waals surface area contributed by atoms with E-state index in [1.807, 2.05) is 39.5 Å². The van der Waals surface area contributed by atoms with Crippen LogP contribution in [0, 0.1) is 5.92 Å². The van der Waals surface area contributed by atoms with Gasteiger partial charge >= 0.3 is 0 Å². The molecule has 1 rings (SSSR count). The Hall–Kier alpha value is -1.88. The quantitative estimate of drug-likeness (QED) is 0.696. The third-order valence-electron chi connectivity index (χ3n) is 4.20. The van der Waals surface area contributed by atoms with Crippen LogP contribution in [0.5, 0.6) is 0 Å². The zero-order valence-electron chi connectivity index (χ0n) is 18.1. The van der Waals surface area contributed by atoms with E-state index in [4.69, 9.17) is 0 Å². The number of rotatable bonds is 9. The van der Waals surface area contributed by atoms with E-state index >= 15 is 0 Å². The molecule has 5 nitrogen and oxygen atoms in total. The predicted octanol–water partition coefficient (Wildman–Crippen LogP) is 3.30. The van der Waals surface area contributed by atoms with E-state index in [0.717, 1.165) is 12.0 Å². The zero-order valence-corrected chi connectivity index (χ0v) is 18.1. The van der Waals surface area contributed by atoms with Gasteiger partial charge in [0.15, 0.2) is 0 Å². The maximum absolute atomic E-state index is 12.4. The standard InChI is InChI=1S/C22H37N3O2/c1-8-25(15-21(27)24-22(5,6)7)14-20(26)23-17(4)19-11-9-18(10-12-19)13-16(2)3/h9-12,16-17H,8,13-15H2,1-7H3,(H,23,26)(H,24,27)/t17-/m0/s1. The number of likely N-dealkylation sites (N-methyl/N-ethyl adjacent to an activating group) is 1. The van der Waals surface area contributed by atoms with Gasteiger partial charge in [0.05, 0.1) is 19.1 Å². The van der Waals surface area contributed by atoms with Gasteiger partial charge in [0.2, 0.25) is 11.8 Å². The van der Waals surface area contributed by atoms with Crippen molar-refractivity contribution in [3.05, 3.63) is 35.4 Å². The molecule has 0 spiro atoms. The Bertz CT molecular complexity index is 603. The topological polar surface area (TPSA) is 61.4 Å². The molecule has 0 saturated carbocycles. The predicted molar refractivity (Wildman–Crippen MR) is 112 cm³/mol. The number of nitrogens with one attached hydrogen (secondary N) is 2. The Morgan fingerprint density at radius 2 is 1.56 bits per heavy atom. The molecule has 0 heterocycles. The molecule has 1 aromatic carbocycles. The van der Waals surface area contributed by atoms with Crippen LogP contribution < -0.4 is 10.6 Å². The van der Waals surface area contributed by atoms with Crippen molar-refractivity contribution in [2.45, 2.75) is 66.5 Å². The lowest BCUT2D eigenvalue weighted by Gasteiger charge is -2.25. The second-order valence-electron chi connectivity index (χ2n) is 8.73. The molecule has 5 heteroatoms. The maximum atomic E-state index is 12.4. The number of nitrogens with zero attached hydrogens (tertiary/aromatic N) is 1. The molecule has 1 atom stereocenters. The van der Waals surface area contributed by atoms with E-state index in [2.05, 4.69) is 48.7 Å². The van der Waals surface area contributed by atoms with Gasteiger partial charge in [-0.25, -0.2) is 0 Å². The Morgan fingerprint density at radius 1 is 1.00 bits per heavy atom. The molecule has 2 N–H and O–H groups in total. The van der Waals surface area contributed by atoms with Crippen molar-refractivity contribution in [2.75, 3.05) is 19.6 Å². The summed E-state index contributed by atoms with van der Waals surface area (Å²) >= 11 is 0. The molecule has 2 amide bonds. The summed E-state index contributed by atoms with van der Waals surface area (Å²) in [5.41, 5.74) is 2.13. The Balaban J connectivity index is 2.54. The first-order chi connectivity index (χ1) is 12.5. The highest BCUT2D eigenvalue weighted by Gasteiger charge is 2.18. The van der Waals surface area contributed by atoms with E-state index in [0.29, 0.717) is 12.5 Å². The lowest BCUT2D eigenvalue weighted by Crippen LogP contribution is -2.48. The third-order valence-corrected chi connectivity index (χ3v) is 4.20. The van der Waals surface area contributed by atoms with Crippen LogP contribution in [0.3, 0.4) is 0 Å². The van der Waals surface area contributed by atoms with Gasteiger partial charge in [0.25, 0.3) is 0 Å². The summed E-state index contributed by atoms with van der Waals surface area (Å²) in [5.74, 6) is 0.494. The van der Waals surface area contributed by atoms with Crippen molar-refractivity contribution in [1.29, 1.82) is 0 Å². The Kier molecular flexibility index (Phi) is 8.97. The van der Waals surface area contributed by atoms with Crippen LogP contribution >= 0.6 is 0 Å². The summed E-state index contributed by atoms with van der Waals surface area (Å²) in [5, 5.41) is 5.96. The molecule has 0 aliphatic heterocycles. The Morgan fingerprint density at radius 3 is 2.04 bits per heavy atom. The van der Waals surface area contributed by atoms with Crippen LogP contribution in [0.15, 0.2) is 24.3 Å². The molecule has 0 fully saturated rings. The van der Waals surface area contributed by atoms with Gasteiger partial charge in [-0.3, -0.25) is 14.5 Å². The first-order valence-electron chi connectivity index (χ1n) is 9.91. The van der Waals surface area contributed by atoms with E-state index in [-0.39, 0.29) is 36.5 Å². The number of carbonyl (C=O) groups excluding carboxylic acids is 2. The van der Waals surface area contributed by atoms with Crippen LogP contribution in [-0.4, -0.2) is 41.9 Å². The minimum atomic E-state index is -0.269. The smallest absolute Gasteiger partial charge is 0.234 e. The second kappa shape index (κ2) is 10.5. The summed E-state index contributed by atoms with van der Waals surface area (Å²) in [6, 6.07) is 8.36. The minimum absolute atomic E-state index is 0.0623. The van der Waals surface area contributed by atoms with Gasteiger partial charge < -0.3 is 10.6 Å². The fourth-order valence-electron chi connectivity index (χ4n) is 2.93. The van der Waals surface area contributed by atoms with Crippen LogP contribution in [0.2, 0.25) is 0 Å². The summed E-state index contributed by atoms with van der Waals surface area (Å²) in [7, 11) is 0. The van der Waals surface area contributed by atoms with Gasteiger partial charge in [0.1, 0.15) is 0 Å². The molecule has 152 valence electrons. The van der Waals surface area contributed by atoms with Crippen molar-refractivity contribution in [3.8, 4) is 0 Å².